The number of hydrogen-bond donors (Lipinski definition) is 2. The van der Waals surface area contributed by atoms with E-state index in [9.17, 15) is 4.79 Å². The standard InChI is InChI=1S/C11H9BrN2O2/c1-5-9(12)8-6(3-2-4-7(8)13)10(14-5)11(15)16/h2-4H,13H2,1H3,(H,15,16). The highest BCUT2D eigenvalue weighted by atomic mass is 79.9. The van der Waals surface area contributed by atoms with E-state index in [-0.39, 0.29) is 5.69 Å². The number of anilines is 1. The molecule has 0 bridgehead atoms. The van der Waals surface area contributed by atoms with E-state index < -0.39 is 5.97 Å². The summed E-state index contributed by atoms with van der Waals surface area (Å²) in [4.78, 5) is 15.1. The van der Waals surface area contributed by atoms with Gasteiger partial charge in [0, 0.05) is 20.9 Å². The molecule has 82 valence electrons. The van der Waals surface area contributed by atoms with Gasteiger partial charge in [0.2, 0.25) is 0 Å². The minimum absolute atomic E-state index is 0.0306. The number of nitrogens with zero attached hydrogens (tertiary/aromatic N) is 1. The van der Waals surface area contributed by atoms with Gasteiger partial charge >= 0.3 is 5.97 Å². The number of aromatic nitrogens is 1. The SMILES string of the molecule is Cc1nc(C(=O)O)c2cccc(N)c2c1Br. The summed E-state index contributed by atoms with van der Waals surface area (Å²) in [7, 11) is 0. The van der Waals surface area contributed by atoms with E-state index >= 15 is 0 Å². The molecule has 0 radical (unpaired) electrons. The molecule has 4 nitrogen and oxygen atoms in total. The Labute approximate surface area is 100 Å². The molecule has 1 heterocycles. The zero-order chi connectivity index (χ0) is 11.9. The van der Waals surface area contributed by atoms with E-state index in [2.05, 4.69) is 20.9 Å². The summed E-state index contributed by atoms with van der Waals surface area (Å²) >= 11 is 3.38. The van der Waals surface area contributed by atoms with Crippen LogP contribution in [0.2, 0.25) is 0 Å². The number of rotatable bonds is 1. The number of aromatic carboxylic acids is 1. The van der Waals surface area contributed by atoms with Crippen LogP contribution in [0.1, 0.15) is 16.2 Å². The molecular weight excluding hydrogens is 272 g/mol. The second kappa shape index (κ2) is 3.75. The van der Waals surface area contributed by atoms with Gasteiger partial charge in [0.15, 0.2) is 5.69 Å². The van der Waals surface area contributed by atoms with Gasteiger partial charge in [0.05, 0.1) is 5.69 Å². The molecule has 2 aromatic rings. The number of nitrogen functional groups attached to an aromatic ring is 1. The third-order valence-corrected chi connectivity index (χ3v) is 3.34. The van der Waals surface area contributed by atoms with Crippen LogP contribution in [-0.2, 0) is 0 Å². The lowest BCUT2D eigenvalue weighted by Crippen LogP contribution is -2.04. The maximum Gasteiger partial charge on any atom is 0.355 e. The van der Waals surface area contributed by atoms with Crippen molar-refractivity contribution in [2.45, 2.75) is 6.92 Å². The molecule has 16 heavy (non-hydrogen) atoms. The number of carbonyl (C=O) groups is 1. The summed E-state index contributed by atoms with van der Waals surface area (Å²) in [5.74, 6) is -1.05. The molecule has 0 unspecified atom stereocenters. The van der Waals surface area contributed by atoms with Crippen LogP contribution < -0.4 is 5.73 Å². The van der Waals surface area contributed by atoms with E-state index in [0.717, 1.165) is 4.47 Å². The van der Waals surface area contributed by atoms with Crippen LogP contribution in [-0.4, -0.2) is 16.1 Å². The lowest BCUT2D eigenvalue weighted by atomic mass is 10.1. The molecule has 2 rings (SSSR count). The van der Waals surface area contributed by atoms with Crippen molar-refractivity contribution in [2.24, 2.45) is 0 Å². The number of nitrogens with two attached hydrogens (primary N) is 1. The second-order valence-electron chi connectivity index (χ2n) is 3.43. The predicted octanol–water partition coefficient (Wildman–Crippen LogP) is 2.59. The van der Waals surface area contributed by atoms with Gasteiger partial charge in [-0.1, -0.05) is 12.1 Å². The summed E-state index contributed by atoms with van der Waals surface area (Å²) in [5, 5.41) is 10.3. The third kappa shape index (κ3) is 1.53. The van der Waals surface area contributed by atoms with E-state index in [1.807, 2.05) is 0 Å². The molecule has 0 spiro atoms. The van der Waals surface area contributed by atoms with Crippen molar-refractivity contribution in [1.82, 2.24) is 4.98 Å². The minimum atomic E-state index is -1.05. The molecule has 0 aliphatic heterocycles. The van der Waals surface area contributed by atoms with Crippen molar-refractivity contribution in [2.75, 3.05) is 5.73 Å². The van der Waals surface area contributed by atoms with Crippen LogP contribution in [0.5, 0.6) is 0 Å². The lowest BCUT2D eigenvalue weighted by Gasteiger charge is -2.09. The van der Waals surface area contributed by atoms with Crippen molar-refractivity contribution >= 4 is 38.4 Å². The van der Waals surface area contributed by atoms with Crippen LogP contribution in [0.3, 0.4) is 0 Å². The number of fused-ring (bicyclic) bond motifs is 1. The van der Waals surface area contributed by atoms with Gasteiger partial charge in [-0.3, -0.25) is 0 Å². The number of hydrogen-bond acceptors (Lipinski definition) is 3. The quantitative estimate of drug-likeness (QED) is 0.788. The summed E-state index contributed by atoms with van der Waals surface area (Å²) in [5.41, 5.74) is 7.03. The second-order valence-corrected chi connectivity index (χ2v) is 4.23. The van der Waals surface area contributed by atoms with E-state index in [4.69, 9.17) is 10.8 Å². The fourth-order valence-electron chi connectivity index (χ4n) is 1.63. The maximum absolute atomic E-state index is 11.1. The van der Waals surface area contributed by atoms with Gasteiger partial charge < -0.3 is 10.8 Å². The van der Waals surface area contributed by atoms with Crippen molar-refractivity contribution in [3.05, 3.63) is 34.1 Å². The van der Waals surface area contributed by atoms with Gasteiger partial charge in [-0.25, -0.2) is 9.78 Å². The van der Waals surface area contributed by atoms with Gasteiger partial charge in [-0.2, -0.15) is 0 Å². The van der Waals surface area contributed by atoms with Crippen molar-refractivity contribution in [3.63, 3.8) is 0 Å². The molecular formula is C11H9BrN2O2. The Kier molecular flexibility index (Phi) is 2.55. The summed E-state index contributed by atoms with van der Waals surface area (Å²) in [6, 6.07) is 5.15. The molecule has 0 aliphatic carbocycles. The number of carboxylic acid groups (broad SMARTS) is 1. The highest BCUT2D eigenvalue weighted by Gasteiger charge is 2.15. The van der Waals surface area contributed by atoms with Crippen molar-refractivity contribution in [1.29, 1.82) is 0 Å². The summed E-state index contributed by atoms with van der Waals surface area (Å²) < 4.78 is 0.741. The van der Waals surface area contributed by atoms with E-state index in [1.54, 1.807) is 25.1 Å². The lowest BCUT2D eigenvalue weighted by molar-refractivity contribution is 0.0692. The Morgan fingerprint density at radius 3 is 2.81 bits per heavy atom. The average Bonchev–Trinajstić information content (AvgIpc) is 2.22. The number of carboxylic acids is 1. The summed E-state index contributed by atoms with van der Waals surface area (Å²) in [6.45, 7) is 1.74. The van der Waals surface area contributed by atoms with E-state index in [0.29, 0.717) is 22.2 Å². The fourth-order valence-corrected chi connectivity index (χ4v) is 2.16. The Morgan fingerprint density at radius 1 is 1.50 bits per heavy atom. The maximum atomic E-state index is 11.1. The molecule has 3 N–H and O–H groups in total. The number of pyridine rings is 1. The van der Waals surface area contributed by atoms with Crippen LogP contribution in [0, 0.1) is 6.92 Å². The van der Waals surface area contributed by atoms with Gasteiger partial charge in [-0.15, -0.1) is 0 Å². The molecule has 0 fully saturated rings. The minimum Gasteiger partial charge on any atom is -0.476 e. The first-order valence-corrected chi connectivity index (χ1v) is 5.39. The molecule has 0 aliphatic rings. The number of aryl methyl sites for hydroxylation is 1. The fraction of sp³-hybridized carbons (Fsp3) is 0.0909. The monoisotopic (exact) mass is 280 g/mol. The molecule has 0 saturated carbocycles. The van der Waals surface area contributed by atoms with Crippen LogP contribution in [0.4, 0.5) is 5.69 Å². The van der Waals surface area contributed by atoms with Crippen LogP contribution in [0.25, 0.3) is 10.8 Å². The number of benzene rings is 1. The zero-order valence-electron chi connectivity index (χ0n) is 8.49. The Bertz CT molecular complexity index is 596. The highest BCUT2D eigenvalue weighted by molar-refractivity contribution is 9.10. The zero-order valence-corrected chi connectivity index (χ0v) is 10.1. The Hall–Kier alpha value is -1.62. The molecule has 0 atom stereocenters. The normalized spacial score (nSPS) is 10.6. The first-order valence-electron chi connectivity index (χ1n) is 4.60. The molecule has 1 aromatic carbocycles. The average molecular weight is 281 g/mol. The topological polar surface area (TPSA) is 76.2 Å². The van der Waals surface area contributed by atoms with Crippen LogP contribution in [0.15, 0.2) is 22.7 Å². The molecule has 0 saturated heterocycles. The van der Waals surface area contributed by atoms with E-state index in [1.165, 1.54) is 0 Å². The third-order valence-electron chi connectivity index (χ3n) is 2.37. The predicted molar refractivity (Wildman–Crippen MR) is 65.6 cm³/mol. The first kappa shape index (κ1) is 10.9. The first-order chi connectivity index (χ1) is 7.52. The molecule has 0 amide bonds. The van der Waals surface area contributed by atoms with Gasteiger partial charge in [0.25, 0.3) is 0 Å². The van der Waals surface area contributed by atoms with Crippen LogP contribution >= 0.6 is 15.9 Å². The Morgan fingerprint density at radius 2 is 2.19 bits per heavy atom. The van der Waals surface area contributed by atoms with Crippen molar-refractivity contribution in [3.8, 4) is 0 Å². The van der Waals surface area contributed by atoms with Gasteiger partial charge in [-0.05, 0) is 28.9 Å². The van der Waals surface area contributed by atoms with Gasteiger partial charge in [0.1, 0.15) is 0 Å². The smallest absolute Gasteiger partial charge is 0.355 e. The number of halogens is 1. The molecule has 1 aromatic heterocycles. The largest absolute Gasteiger partial charge is 0.476 e. The summed E-state index contributed by atoms with van der Waals surface area (Å²) in [6.07, 6.45) is 0. The Balaban J connectivity index is 3.01. The van der Waals surface area contributed by atoms with Crippen molar-refractivity contribution < 1.29 is 9.90 Å². The highest BCUT2D eigenvalue weighted by Crippen LogP contribution is 2.32. The molecule has 5 heteroatoms.